The molecular weight excluding hydrogens is 368 g/mol. The number of nitrogens with zero attached hydrogens (tertiary/aromatic N) is 2. The highest BCUT2D eigenvalue weighted by molar-refractivity contribution is 7.89. The summed E-state index contributed by atoms with van der Waals surface area (Å²) in [4.78, 5) is 25.7. The molecule has 1 aromatic carbocycles. The third-order valence-electron chi connectivity index (χ3n) is 5.35. The Morgan fingerprint density at radius 2 is 1.48 bits per heavy atom. The Morgan fingerprint density at radius 3 is 2.07 bits per heavy atom. The van der Waals surface area contributed by atoms with Gasteiger partial charge in [0.1, 0.15) is 6.04 Å². The van der Waals surface area contributed by atoms with Crippen LogP contribution < -0.4 is 0 Å². The topological polar surface area (TPSA) is 95.0 Å². The van der Waals surface area contributed by atoms with Gasteiger partial charge >= 0.3 is 5.97 Å². The zero-order valence-electron chi connectivity index (χ0n) is 15.3. The van der Waals surface area contributed by atoms with E-state index >= 15 is 0 Å². The molecule has 2 aliphatic heterocycles. The van der Waals surface area contributed by atoms with Crippen molar-refractivity contribution in [3.05, 3.63) is 29.8 Å². The second-order valence-corrected chi connectivity index (χ2v) is 9.13. The summed E-state index contributed by atoms with van der Waals surface area (Å²) in [5.41, 5.74) is 0.318. The van der Waals surface area contributed by atoms with E-state index in [1.807, 2.05) is 0 Å². The molecule has 1 amide bonds. The number of amides is 1. The molecule has 2 aliphatic rings. The van der Waals surface area contributed by atoms with Crippen molar-refractivity contribution in [2.24, 2.45) is 0 Å². The molecule has 0 bridgehead atoms. The number of carbonyl (C=O) groups is 2. The van der Waals surface area contributed by atoms with Gasteiger partial charge in [0.15, 0.2) is 0 Å². The van der Waals surface area contributed by atoms with E-state index < -0.39 is 22.0 Å². The Hall–Kier alpha value is -1.93. The Kier molecular flexibility index (Phi) is 6.16. The van der Waals surface area contributed by atoms with E-state index in [0.29, 0.717) is 31.6 Å². The second-order valence-electron chi connectivity index (χ2n) is 7.19. The molecule has 2 heterocycles. The van der Waals surface area contributed by atoms with Gasteiger partial charge in [-0.15, -0.1) is 0 Å². The van der Waals surface area contributed by atoms with Crippen molar-refractivity contribution in [2.45, 2.75) is 55.9 Å². The first-order valence-corrected chi connectivity index (χ1v) is 11.0. The smallest absolute Gasteiger partial charge is 0.326 e. The quantitative estimate of drug-likeness (QED) is 0.846. The Balaban J connectivity index is 1.78. The summed E-state index contributed by atoms with van der Waals surface area (Å²) >= 11 is 0. The summed E-state index contributed by atoms with van der Waals surface area (Å²) in [6, 6.07) is 5.06. The second kappa shape index (κ2) is 8.39. The monoisotopic (exact) mass is 394 g/mol. The molecule has 0 aromatic heterocycles. The predicted octanol–water partition coefficient (Wildman–Crippen LogP) is 2.33. The summed E-state index contributed by atoms with van der Waals surface area (Å²) in [7, 11) is -3.56. The average Bonchev–Trinajstić information content (AvgIpc) is 2.97. The van der Waals surface area contributed by atoms with Crippen molar-refractivity contribution in [3.63, 3.8) is 0 Å². The lowest BCUT2D eigenvalue weighted by Gasteiger charge is -2.33. The van der Waals surface area contributed by atoms with Gasteiger partial charge < -0.3 is 10.0 Å². The minimum atomic E-state index is -3.56. The van der Waals surface area contributed by atoms with Gasteiger partial charge in [-0.2, -0.15) is 4.31 Å². The van der Waals surface area contributed by atoms with Gasteiger partial charge in [0.05, 0.1) is 4.90 Å². The van der Waals surface area contributed by atoms with Crippen LogP contribution in [-0.4, -0.2) is 60.3 Å². The molecule has 0 radical (unpaired) electrons. The van der Waals surface area contributed by atoms with Gasteiger partial charge in [-0.3, -0.25) is 4.79 Å². The van der Waals surface area contributed by atoms with Gasteiger partial charge in [-0.25, -0.2) is 13.2 Å². The van der Waals surface area contributed by atoms with Crippen molar-refractivity contribution in [1.82, 2.24) is 9.21 Å². The molecule has 8 heteroatoms. The number of carboxylic acid groups (broad SMARTS) is 1. The van der Waals surface area contributed by atoms with E-state index in [0.717, 1.165) is 38.5 Å². The maximum atomic E-state index is 12.8. The molecule has 0 unspecified atom stereocenters. The molecule has 1 N–H and O–H groups in total. The fourth-order valence-electron chi connectivity index (χ4n) is 3.80. The minimum Gasteiger partial charge on any atom is -0.480 e. The third kappa shape index (κ3) is 4.32. The molecule has 7 nitrogen and oxygen atoms in total. The number of aliphatic carboxylic acids is 1. The molecule has 3 rings (SSSR count). The number of piperidine rings is 1. The molecule has 148 valence electrons. The first-order valence-electron chi connectivity index (χ1n) is 9.55. The minimum absolute atomic E-state index is 0.175. The van der Waals surface area contributed by atoms with Crippen LogP contribution in [0.4, 0.5) is 0 Å². The highest BCUT2D eigenvalue weighted by Gasteiger charge is 2.33. The first kappa shape index (κ1) is 19.8. The molecule has 0 spiro atoms. The first-order chi connectivity index (χ1) is 12.9. The Morgan fingerprint density at radius 1 is 0.889 bits per heavy atom. The molecule has 1 atom stereocenters. The molecule has 1 aromatic rings. The fourth-order valence-corrected chi connectivity index (χ4v) is 5.31. The van der Waals surface area contributed by atoms with Crippen LogP contribution in [-0.2, 0) is 14.8 Å². The highest BCUT2D eigenvalue weighted by Crippen LogP contribution is 2.23. The van der Waals surface area contributed by atoms with E-state index in [1.54, 1.807) is 0 Å². The van der Waals surface area contributed by atoms with E-state index in [9.17, 15) is 23.1 Å². The maximum absolute atomic E-state index is 12.8. The normalized spacial score (nSPS) is 22.2. The number of hydrogen-bond donors (Lipinski definition) is 1. The maximum Gasteiger partial charge on any atom is 0.326 e. The van der Waals surface area contributed by atoms with Gasteiger partial charge in [0, 0.05) is 25.2 Å². The lowest BCUT2D eigenvalue weighted by atomic mass is 10.0. The van der Waals surface area contributed by atoms with Crippen LogP contribution >= 0.6 is 0 Å². The van der Waals surface area contributed by atoms with Crippen molar-refractivity contribution in [3.8, 4) is 0 Å². The van der Waals surface area contributed by atoms with E-state index in [-0.39, 0.29) is 10.8 Å². The summed E-state index contributed by atoms with van der Waals surface area (Å²) in [6.45, 7) is 1.46. The van der Waals surface area contributed by atoms with Crippen LogP contribution in [0.15, 0.2) is 29.2 Å². The summed E-state index contributed by atoms with van der Waals surface area (Å²) in [5, 5.41) is 9.34. The molecule has 2 fully saturated rings. The van der Waals surface area contributed by atoms with Gasteiger partial charge in [-0.1, -0.05) is 12.8 Å². The van der Waals surface area contributed by atoms with E-state index in [2.05, 4.69) is 0 Å². The predicted molar refractivity (Wildman–Crippen MR) is 100.0 cm³/mol. The van der Waals surface area contributed by atoms with Crippen LogP contribution in [0, 0.1) is 0 Å². The number of carboxylic acids is 1. The average molecular weight is 394 g/mol. The van der Waals surface area contributed by atoms with Crippen LogP contribution in [0.25, 0.3) is 0 Å². The zero-order chi connectivity index (χ0) is 19.4. The van der Waals surface area contributed by atoms with Crippen LogP contribution in [0.3, 0.4) is 0 Å². The fraction of sp³-hybridized carbons (Fsp3) is 0.579. The number of benzene rings is 1. The lowest BCUT2D eigenvalue weighted by molar-refractivity contribution is -0.143. The van der Waals surface area contributed by atoms with Gasteiger partial charge in [-0.05, 0) is 56.4 Å². The van der Waals surface area contributed by atoms with Crippen molar-refractivity contribution >= 4 is 21.9 Å². The standard InChI is InChI=1S/C19H26N2O5S/c22-18(21-14-6-3-7-17(21)19(23)24)15-8-10-16(11-9-15)27(25,26)20-12-4-1-2-5-13-20/h8-11,17H,1-7,12-14H2,(H,23,24)/t17-/m1/s1. The summed E-state index contributed by atoms with van der Waals surface area (Å²) < 4.78 is 27.1. The molecule has 27 heavy (non-hydrogen) atoms. The Labute approximate surface area is 160 Å². The summed E-state index contributed by atoms with van der Waals surface area (Å²) in [5.74, 6) is -1.36. The Bertz CT molecular complexity index is 783. The van der Waals surface area contributed by atoms with E-state index in [1.165, 1.54) is 33.5 Å². The number of sulfonamides is 1. The molecule has 0 aliphatic carbocycles. The van der Waals surface area contributed by atoms with Crippen LogP contribution in [0.1, 0.15) is 55.3 Å². The number of rotatable bonds is 4. The third-order valence-corrected chi connectivity index (χ3v) is 7.27. The van der Waals surface area contributed by atoms with Crippen molar-refractivity contribution in [1.29, 1.82) is 0 Å². The van der Waals surface area contributed by atoms with Crippen LogP contribution in [0.5, 0.6) is 0 Å². The van der Waals surface area contributed by atoms with Crippen molar-refractivity contribution < 1.29 is 23.1 Å². The molecular formula is C19H26N2O5S. The number of likely N-dealkylation sites (tertiary alicyclic amines) is 1. The van der Waals surface area contributed by atoms with Gasteiger partial charge in [0.2, 0.25) is 10.0 Å². The van der Waals surface area contributed by atoms with Crippen molar-refractivity contribution in [2.75, 3.05) is 19.6 Å². The number of hydrogen-bond acceptors (Lipinski definition) is 4. The SMILES string of the molecule is O=C(O)[C@H]1CCCCN1C(=O)c1ccc(S(=O)(=O)N2CCCCCC2)cc1. The summed E-state index contributed by atoms with van der Waals surface area (Å²) in [6.07, 6.45) is 5.82. The molecule has 0 saturated carbocycles. The van der Waals surface area contributed by atoms with E-state index in [4.69, 9.17) is 0 Å². The largest absolute Gasteiger partial charge is 0.480 e. The molecule has 2 saturated heterocycles. The van der Waals surface area contributed by atoms with Crippen LogP contribution in [0.2, 0.25) is 0 Å². The number of carbonyl (C=O) groups excluding carboxylic acids is 1. The van der Waals surface area contributed by atoms with Gasteiger partial charge in [0.25, 0.3) is 5.91 Å². The lowest BCUT2D eigenvalue weighted by Crippen LogP contribution is -2.48. The zero-order valence-corrected chi connectivity index (χ0v) is 16.2. The highest BCUT2D eigenvalue weighted by atomic mass is 32.2.